The minimum atomic E-state index is -0.263. The first-order valence-electron chi connectivity index (χ1n) is 8.13. The average molecular weight is 301 g/mol. The molecule has 4 nitrogen and oxygen atoms in total. The number of imide groups is 1. The molecule has 118 valence electrons. The van der Waals surface area contributed by atoms with Gasteiger partial charge in [-0.15, -0.1) is 0 Å². The fourth-order valence-corrected chi connectivity index (χ4v) is 2.74. The molecule has 0 aliphatic carbocycles. The predicted molar refractivity (Wildman–Crippen MR) is 85.2 cm³/mol. The zero-order valence-corrected chi connectivity index (χ0v) is 13.4. The number of unbranched alkanes of at least 4 members (excludes halogenated alkanes) is 4. The lowest BCUT2D eigenvalue weighted by molar-refractivity contribution is 0.0651. The molecule has 0 saturated heterocycles. The molecule has 0 radical (unpaired) electrons. The van der Waals surface area contributed by atoms with Crippen LogP contribution in [-0.4, -0.2) is 29.0 Å². The number of hydrogen-bond donors (Lipinski definition) is 0. The van der Waals surface area contributed by atoms with Gasteiger partial charge in [-0.1, -0.05) is 45.6 Å². The molecule has 0 aromatic heterocycles. The van der Waals surface area contributed by atoms with E-state index in [1.165, 1.54) is 17.7 Å². The summed E-state index contributed by atoms with van der Waals surface area (Å²) in [5, 5.41) is 0. The van der Waals surface area contributed by atoms with Crippen molar-refractivity contribution in [2.24, 2.45) is 0 Å². The number of rotatable bonds is 8. The molecule has 0 N–H and O–H groups in total. The summed E-state index contributed by atoms with van der Waals surface area (Å²) >= 11 is 0. The second-order valence-corrected chi connectivity index (χ2v) is 5.71. The Morgan fingerprint density at radius 2 is 1.64 bits per heavy atom. The van der Waals surface area contributed by atoms with Crippen molar-refractivity contribution < 1.29 is 14.4 Å². The second-order valence-electron chi connectivity index (χ2n) is 5.71. The highest BCUT2D eigenvalue weighted by atomic mass is 16.2. The van der Waals surface area contributed by atoms with Gasteiger partial charge >= 0.3 is 0 Å². The van der Waals surface area contributed by atoms with Crippen LogP contribution in [0.5, 0.6) is 0 Å². The molecule has 0 fully saturated rings. The van der Waals surface area contributed by atoms with Crippen LogP contribution in [0.2, 0.25) is 0 Å². The van der Waals surface area contributed by atoms with Gasteiger partial charge in [0.2, 0.25) is 0 Å². The first-order chi connectivity index (χ1) is 10.6. The molecule has 4 heteroatoms. The van der Waals surface area contributed by atoms with Gasteiger partial charge < -0.3 is 0 Å². The SMILES string of the molecule is CCCCCCCN1C(=O)c2ccc(C(=O)CC)cc2C1=O. The number of amides is 2. The molecule has 0 saturated carbocycles. The van der Waals surface area contributed by atoms with Crippen molar-refractivity contribution in [2.75, 3.05) is 6.54 Å². The molecule has 1 heterocycles. The van der Waals surface area contributed by atoms with E-state index in [9.17, 15) is 14.4 Å². The number of fused-ring (bicyclic) bond motifs is 1. The van der Waals surface area contributed by atoms with Crippen molar-refractivity contribution in [1.82, 2.24) is 4.90 Å². The Hall–Kier alpha value is -1.97. The predicted octanol–water partition coefficient (Wildman–Crippen LogP) is 3.85. The molecular formula is C18H23NO3. The maximum Gasteiger partial charge on any atom is 0.261 e. The standard InChI is InChI=1S/C18H23NO3/c1-3-5-6-7-8-11-19-17(21)14-10-9-13(16(20)4-2)12-15(14)18(19)22/h9-10,12H,3-8,11H2,1-2H3. The summed E-state index contributed by atoms with van der Waals surface area (Å²) in [6, 6.07) is 4.81. The van der Waals surface area contributed by atoms with Crippen molar-refractivity contribution in [3.05, 3.63) is 34.9 Å². The lowest BCUT2D eigenvalue weighted by Crippen LogP contribution is -2.30. The molecule has 1 aliphatic rings. The Bertz CT molecular complexity index is 592. The van der Waals surface area contributed by atoms with Gasteiger partial charge in [-0.25, -0.2) is 0 Å². The highest BCUT2D eigenvalue weighted by Crippen LogP contribution is 2.25. The van der Waals surface area contributed by atoms with Crippen LogP contribution in [-0.2, 0) is 0 Å². The zero-order chi connectivity index (χ0) is 16.1. The van der Waals surface area contributed by atoms with Crippen LogP contribution < -0.4 is 0 Å². The molecule has 0 bridgehead atoms. The lowest BCUT2D eigenvalue weighted by Gasteiger charge is -2.13. The van der Waals surface area contributed by atoms with E-state index in [4.69, 9.17) is 0 Å². The monoisotopic (exact) mass is 301 g/mol. The summed E-state index contributed by atoms with van der Waals surface area (Å²) in [5.74, 6) is -0.506. The topological polar surface area (TPSA) is 54.5 Å². The molecule has 0 atom stereocenters. The zero-order valence-electron chi connectivity index (χ0n) is 13.4. The average Bonchev–Trinajstić information content (AvgIpc) is 2.78. The Balaban J connectivity index is 2.07. The third-order valence-electron chi connectivity index (χ3n) is 4.10. The van der Waals surface area contributed by atoms with Gasteiger partial charge in [-0.05, 0) is 18.6 Å². The quantitative estimate of drug-likeness (QED) is 0.416. The van der Waals surface area contributed by atoms with Crippen LogP contribution in [0.4, 0.5) is 0 Å². The lowest BCUT2D eigenvalue weighted by atomic mass is 10.0. The number of carbonyl (C=O) groups excluding carboxylic acids is 3. The van der Waals surface area contributed by atoms with Gasteiger partial charge in [0.15, 0.2) is 5.78 Å². The molecule has 2 rings (SSSR count). The van der Waals surface area contributed by atoms with Crippen LogP contribution in [0.3, 0.4) is 0 Å². The number of hydrogen-bond acceptors (Lipinski definition) is 3. The van der Waals surface area contributed by atoms with Crippen LogP contribution in [0.15, 0.2) is 18.2 Å². The normalized spacial score (nSPS) is 13.6. The smallest absolute Gasteiger partial charge is 0.261 e. The van der Waals surface area contributed by atoms with Crippen LogP contribution >= 0.6 is 0 Å². The Morgan fingerprint density at radius 3 is 2.32 bits per heavy atom. The molecule has 1 aliphatic heterocycles. The van der Waals surface area contributed by atoms with E-state index < -0.39 is 0 Å². The van der Waals surface area contributed by atoms with E-state index in [1.54, 1.807) is 25.1 Å². The van der Waals surface area contributed by atoms with Gasteiger partial charge in [-0.2, -0.15) is 0 Å². The van der Waals surface area contributed by atoms with E-state index in [0.29, 0.717) is 29.7 Å². The third-order valence-corrected chi connectivity index (χ3v) is 4.10. The van der Waals surface area contributed by atoms with E-state index in [0.717, 1.165) is 19.3 Å². The minimum absolute atomic E-state index is 0.0129. The van der Waals surface area contributed by atoms with Gasteiger partial charge in [0.05, 0.1) is 11.1 Å². The summed E-state index contributed by atoms with van der Waals surface area (Å²) in [5.41, 5.74) is 1.30. The molecule has 2 amide bonds. The first kappa shape index (κ1) is 16.4. The van der Waals surface area contributed by atoms with E-state index in [-0.39, 0.29) is 17.6 Å². The van der Waals surface area contributed by atoms with Gasteiger partial charge in [0.25, 0.3) is 11.8 Å². The highest BCUT2D eigenvalue weighted by molar-refractivity contribution is 6.22. The fourth-order valence-electron chi connectivity index (χ4n) is 2.74. The van der Waals surface area contributed by atoms with Gasteiger partial charge in [0.1, 0.15) is 0 Å². The third kappa shape index (κ3) is 3.26. The van der Waals surface area contributed by atoms with Crippen LogP contribution in [0.1, 0.15) is 83.4 Å². The summed E-state index contributed by atoms with van der Waals surface area (Å²) in [4.78, 5) is 37.7. The summed E-state index contributed by atoms with van der Waals surface area (Å²) in [7, 11) is 0. The minimum Gasteiger partial charge on any atom is -0.294 e. The number of ketones is 1. The molecule has 1 aromatic rings. The van der Waals surface area contributed by atoms with Crippen molar-refractivity contribution in [1.29, 1.82) is 0 Å². The van der Waals surface area contributed by atoms with E-state index >= 15 is 0 Å². The molecule has 1 aromatic carbocycles. The summed E-state index contributed by atoms with van der Waals surface area (Å²) < 4.78 is 0. The Morgan fingerprint density at radius 1 is 0.955 bits per heavy atom. The van der Waals surface area contributed by atoms with E-state index in [1.807, 2.05) is 0 Å². The van der Waals surface area contributed by atoms with Crippen molar-refractivity contribution in [3.63, 3.8) is 0 Å². The maximum absolute atomic E-state index is 12.4. The number of benzene rings is 1. The Kier molecular flexibility index (Phi) is 5.47. The largest absolute Gasteiger partial charge is 0.294 e. The molecule has 22 heavy (non-hydrogen) atoms. The Labute approximate surface area is 131 Å². The van der Waals surface area contributed by atoms with Crippen LogP contribution in [0, 0.1) is 0 Å². The highest BCUT2D eigenvalue weighted by Gasteiger charge is 2.35. The van der Waals surface area contributed by atoms with Crippen molar-refractivity contribution in [3.8, 4) is 0 Å². The van der Waals surface area contributed by atoms with Crippen molar-refractivity contribution >= 4 is 17.6 Å². The molecule has 0 spiro atoms. The molecular weight excluding hydrogens is 278 g/mol. The maximum atomic E-state index is 12.4. The van der Waals surface area contributed by atoms with Gasteiger partial charge in [-0.3, -0.25) is 19.3 Å². The number of Topliss-reactive ketones (excluding diaryl/α,β-unsaturated/α-hetero) is 1. The van der Waals surface area contributed by atoms with Crippen molar-refractivity contribution in [2.45, 2.75) is 52.4 Å². The summed E-state index contributed by atoms with van der Waals surface area (Å²) in [6.07, 6.45) is 5.75. The first-order valence-corrected chi connectivity index (χ1v) is 8.13. The van der Waals surface area contributed by atoms with E-state index in [2.05, 4.69) is 6.92 Å². The summed E-state index contributed by atoms with van der Waals surface area (Å²) in [6.45, 7) is 4.40. The molecule has 0 unspecified atom stereocenters. The fraction of sp³-hybridized carbons (Fsp3) is 0.500. The number of nitrogens with zero attached hydrogens (tertiary/aromatic N) is 1. The number of carbonyl (C=O) groups is 3. The van der Waals surface area contributed by atoms with Gasteiger partial charge in [0, 0.05) is 18.5 Å². The second kappa shape index (κ2) is 7.34. The van der Waals surface area contributed by atoms with Crippen LogP contribution in [0.25, 0.3) is 0 Å².